The van der Waals surface area contributed by atoms with E-state index in [1.54, 1.807) is 11.3 Å². The Morgan fingerprint density at radius 2 is 2.05 bits per heavy atom. The minimum atomic E-state index is 0.637. The Hall–Kier alpha value is -1.19. The monoisotopic (exact) mass is 272 g/mol. The quantitative estimate of drug-likeness (QED) is 0.921. The molecule has 1 N–H and O–H groups in total. The van der Waals surface area contributed by atoms with Crippen molar-refractivity contribution < 1.29 is 0 Å². The van der Waals surface area contributed by atoms with E-state index < -0.39 is 0 Å². The van der Waals surface area contributed by atoms with Crippen molar-refractivity contribution in [2.24, 2.45) is 0 Å². The Labute approximate surface area is 118 Å². The average Bonchev–Trinajstić information content (AvgIpc) is 2.99. The van der Waals surface area contributed by atoms with Gasteiger partial charge >= 0.3 is 0 Å². The maximum atomic E-state index is 4.80. The fourth-order valence-electron chi connectivity index (χ4n) is 2.80. The van der Waals surface area contributed by atoms with Crippen LogP contribution in [-0.4, -0.2) is 17.6 Å². The largest absolute Gasteiger partial charge is 0.314 e. The van der Waals surface area contributed by atoms with Crippen LogP contribution >= 0.6 is 11.3 Å². The van der Waals surface area contributed by atoms with Crippen molar-refractivity contribution in [2.45, 2.75) is 39.2 Å². The SMILES string of the molecule is Cc1cc(C)cc(-c2csc(CC3CCCN3)n2)c1. The van der Waals surface area contributed by atoms with Gasteiger partial charge in [0.05, 0.1) is 10.7 Å². The molecule has 1 saturated heterocycles. The summed E-state index contributed by atoms with van der Waals surface area (Å²) >= 11 is 1.79. The number of thiazole rings is 1. The first-order valence-electron chi connectivity index (χ1n) is 6.97. The van der Waals surface area contributed by atoms with E-state index in [4.69, 9.17) is 4.98 Å². The number of hydrogen-bond donors (Lipinski definition) is 1. The van der Waals surface area contributed by atoms with Gasteiger partial charge in [-0.2, -0.15) is 0 Å². The van der Waals surface area contributed by atoms with E-state index in [0.29, 0.717) is 6.04 Å². The van der Waals surface area contributed by atoms with E-state index in [-0.39, 0.29) is 0 Å². The summed E-state index contributed by atoms with van der Waals surface area (Å²) in [5.41, 5.74) is 4.99. The van der Waals surface area contributed by atoms with Crippen LogP contribution in [0.5, 0.6) is 0 Å². The predicted octanol–water partition coefficient (Wildman–Crippen LogP) is 3.72. The highest BCUT2D eigenvalue weighted by Gasteiger charge is 2.16. The summed E-state index contributed by atoms with van der Waals surface area (Å²) in [6.07, 6.45) is 3.67. The maximum absolute atomic E-state index is 4.80. The standard InChI is InChI=1S/C16H20N2S/c1-11-6-12(2)8-13(7-11)15-10-19-16(18-15)9-14-4-3-5-17-14/h6-8,10,14,17H,3-5,9H2,1-2H3. The molecule has 1 fully saturated rings. The van der Waals surface area contributed by atoms with Crippen molar-refractivity contribution in [1.29, 1.82) is 0 Å². The van der Waals surface area contributed by atoms with E-state index in [0.717, 1.165) is 12.1 Å². The molecule has 1 atom stereocenters. The highest BCUT2D eigenvalue weighted by Crippen LogP contribution is 2.25. The Morgan fingerprint density at radius 1 is 1.26 bits per heavy atom. The molecule has 1 unspecified atom stereocenters. The third-order valence-corrected chi connectivity index (χ3v) is 4.52. The molecule has 1 aliphatic heterocycles. The first-order valence-corrected chi connectivity index (χ1v) is 7.85. The Balaban J connectivity index is 1.79. The third-order valence-electron chi connectivity index (χ3n) is 3.65. The van der Waals surface area contributed by atoms with E-state index in [2.05, 4.69) is 42.7 Å². The zero-order valence-corrected chi connectivity index (χ0v) is 12.4. The average molecular weight is 272 g/mol. The highest BCUT2D eigenvalue weighted by atomic mass is 32.1. The molecule has 19 heavy (non-hydrogen) atoms. The second-order valence-electron chi connectivity index (χ2n) is 5.50. The van der Waals surface area contributed by atoms with Crippen LogP contribution in [0.4, 0.5) is 0 Å². The van der Waals surface area contributed by atoms with Crippen LogP contribution in [-0.2, 0) is 6.42 Å². The van der Waals surface area contributed by atoms with Gasteiger partial charge in [-0.15, -0.1) is 11.3 Å². The minimum Gasteiger partial charge on any atom is -0.314 e. The lowest BCUT2D eigenvalue weighted by atomic mass is 10.1. The van der Waals surface area contributed by atoms with Gasteiger partial charge in [-0.1, -0.05) is 17.2 Å². The van der Waals surface area contributed by atoms with Crippen molar-refractivity contribution in [3.8, 4) is 11.3 Å². The molecule has 1 aromatic heterocycles. The summed E-state index contributed by atoms with van der Waals surface area (Å²) < 4.78 is 0. The van der Waals surface area contributed by atoms with Gasteiger partial charge in [0.1, 0.15) is 0 Å². The summed E-state index contributed by atoms with van der Waals surface area (Å²) in [6.45, 7) is 5.46. The van der Waals surface area contributed by atoms with Crippen molar-refractivity contribution in [2.75, 3.05) is 6.54 Å². The van der Waals surface area contributed by atoms with Gasteiger partial charge in [-0.05, 0) is 45.4 Å². The molecule has 2 aromatic rings. The summed E-state index contributed by atoms with van der Waals surface area (Å²) in [5.74, 6) is 0. The number of hydrogen-bond acceptors (Lipinski definition) is 3. The van der Waals surface area contributed by atoms with E-state index >= 15 is 0 Å². The molecular formula is C16H20N2S. The van der Waals surface area contributed by atoms with E-state index in [1.165, 1.54) is 41.1 Å². The van der Waals surface area contributed by atoms with Crippen LogP contribution in [0.3, 0.4) is 0 Å². The molecule has 0 aliphatic carbocycles. The zero-order chi connectivity index (χ0) is 13.2. The van der Waals surface area contributed by atoms with Crippen LogP contribution in [0.2, 0.25) is 0 Å². The van der Waals surface area contributed by atoms with Crippen molar-refractivity contribution in [3.05, 3.63) is 39.7 Å². The summed E-state index contributed by atoms with van der Waals surface area (Å²) in [4.78, 5) is 4.80. The molecule has 0 bridgehead atoms. The van der Waals surface area contributed by atoms with Crippen LogP contribution in [0.1, 0.15) is 29.0 Å². The summed E-state index contributed by atoms with van der Waals surface area (Å²) in [7, 11) is 0. The first kappa shape index (κ1) is 12.8. The molecule has 2 heterocycles. The third kappa shape index (κ3) is 3.04. The maximum Gasteiger partial charge on any atom is 0.0948 e. The van der Waals surface area contributed by atoms with Gasteiger partial charge in [-0.25, -0.2) is 4.98 Å². The zero-order valence-electron chi connectivity index (χ0n) is 11.6. The topological polar surface area (TPSA) is 24.9 Å². The first-order chi connectivity index (χ1) is 9.20. The van der Waals surface area contributed by atoms with Gasteiger partial charge in [0, 0.05) is 23.4 Å². The van der Waals surface area contributed by atoms with Crippen LogP contribution in [0.15, 0.2) is 23.6 Å². The lowest BCUT2D eigenvalue weighted by Gasteiger charge is -2.06. The number of aromatic nitrogens is 1. The van der Waals surface area contributed by atoms with Crippen molar-refractivity contribution >= 4 is 11.3 Å². The number of benzene rings is 1. The molecule has 1 aliphatic rings. The minimum absolute atomic E-state index is 0.637. The van der Waals surface area contributed by atoms with Gasteiger partial charge in [0.25, 0.3) is 0 Å². The number of nitrogens with one attached hydrogen (secondary N) is 1. The van der Waals surface area contributed by atoms with Crippen LogP contribution in [0, 0.1) is 13.8 Å². The molecule has 3 rings (SSSR count). The molecule has 100 valence electrons. The molecule has 1 aromatic carbocycles. The molecule has 0 saturated carbocycles. The molecule has 0 radical (unpaired) electrons. The fraction of sp³-hybridized carbons (Fsp3) is 0.438. The molecule has 0 amide bonds. The van der Waals surface area contributed by atoms with Gasteiger partial charge < -0.3 is 5.32 Å². The highest BCUT2D eigenvalue weighted by molar-refractivity contribution is 7.09. The van der Waals surface area contributed by atoms with E-state index in [1.807, 2.05) is 0 Å². The number of nitrogens with zero attached hydrogens (tertiary/aromatic N) is 1. The smallest absolute Gasteiger partial charge is 0.0948 e. The van der Waals surface area contributed by atoms with Gasteiger partial charge in [0.15, 0.2) is 0 Å². The number of rotatable bonds is 3. The Kier molecular flexibility index (Phi) is 3.67. The second-order valence-corrected chi connectivity index (χ2v) is 6.44. The van der Waals surface area contributed by atoms with Crippen molar-refractivity contribution in [1.82, 2.24) is 10.3 Å². The Morgan fingerprint density at radius 3 is 2.74 bits per heavy atom. The Bertz CT molecular complexity index is 548. The summed E-state index contributed by atoms with van der Waals surface area (Å²) in [5, 5.41) is 6.99. The van der Waals surface area contributed by atoms with Gasteiger partial charge in [0.2, 0.25) is 0 Å². The second kappa shape index (κ2) is 5.43. The van der Waals surface area contributed by atoms with E-state index in [9.17, 15) is 0 Å². The van der Waals surface area contributed by atoms with Gasteiger partial charge in [-0.3, -0.25) is 0 Å². The fourth-order valence-corrected chi connectivity index (χ4v) is 3.69. The van der Waals surface area contributed by atoms with Crippen LogP contribution < -0.4 is 5.32 Å². The molecular weight excluding hydrogens is 252 g/mol. The normalized spacial score (nSPS) is 18.9. The lowest BCUT2D eigenvalue weighted by Crippen LogP contribution is -2.23. The molecule has 2 nitrogen and oxygen atoms in total. The molecule has 3 heteroatoms. The predicted molar refractivity (Wildman–Crippen MR) is 81.8 cm³/mol. The number of aryl methyl sites for hydroxylation is 2. The lowest BCUT2D eigenvalue weighted by molar-refractivity contribution is 0.601. The van der Waals surface area contributed by atoms with Crippen molar-refractivity contribution in [3.63, 3.8) is 0 Å². The summed E-state index contributed by atoms with van der Waals surface area (Å²) in [6, 6.07) is 7.29. The molecule has 0 spiro atoms. The van der Waals surface area contributed by atoms with Crippen LogP contribution in [0.25, 0.3) is 11.3 Å².